The van der Waals surface area contributed by atoms with Crippen molar-refractivity contribution in [3.8, 4) is 0 Å². The number of hydrogen-bond acceptors (Lipinski definition) is 3. The summed E-state index contributed by atoms with van der Waals surface area (Å²) in [5.41, 5.74) is -0.533. The molecule has 1 aliphatic rings. The molecule has 1 heterocycles. The van der Waals surface area contributed by atoms with Crippen molar-refractivity contribution >= 4 is 17.8 Å². The van der Waals surface area contributed by atoms with Gasteiger partial charge in [0.1, 0.15) is 23.7 Å². The SMILES string of the molecule is CN(Cc1ccc(F)cc1F)C(=O)CN1C(=O)NC(C)(c2ccccc2)C1=O. The minimum absolute atomic E-state index is 0.120. The third-order valence-electron chi connectivity index (χ3n) is 4.77. The molecule has 3 rings (SSSR count). The highest BCUT2D eigenvalue weighted by molar-refractivity contribution is 6.09. The molecule has 0 bridgehead atoms. The van der Waals surface area contributed by atoms with Crippen LogP contribution in [0.15, 0.2) is 48.5 Å². The monoisotopic (exact) mass is 387 g/mol. The first-order valence-corrected chi connectivity index (χ1v) is 8.60. The highest BCUT2D eigenvalue weighted by Crippen LogP contribution is 2.28. The van der Waals surface area contributed by atoms with Crippen molar-refractivity contribution in [2.75, 3.05) is 13.6 Å². The lowest BCUT2D eigenvalue weighted by Gasteiger charge is -2.23. The van der Waals surface area contributed by atoms with Gasteiger partial charge in [-0.2, -0.15) is 0 Å². The third kappa shape index (κ3) is 3.58. The first kappa shape index (κ1) is 19.5. The number of nitrogens with one attached hydrogen (secondary N) is 1. The summed E-state index contributed by atoms with van der Waals surface area (Å²) in [5, 5.41) is 2.62. The van der Waals surface area contributed by atoms with Crippen LogP contribution >= 0.6 is 0 Å². The Morgan fingerprint density at radius 1 is 1.14 bits per heavy atom. The standard InChI is InChI=1S/C20H19F2N3O3/c1-20(14-6-4-3-5-7-14)18(27)25(19(28)23-20)12-17(26)24(2)11-13-8-9-15(21)10-16(13)22/h3-10H,11-12H2,1-2H3,(H,23,28). The van der Waals surface area contributed by atoms with E-state index in [1.54, 1.807) is 37.3 Å². The van der Waals surface area contributed by atoms with Crippen molar-refractivity contribution in [1.82, 2.24) is 15.1 Å². The summed E-state index contributed by atoms with van der Waals surface area (Å²) in [5.74, 6) is -2.58. The van der Waals surface area contributed by atoms with E-state index in [0.717, 1.165) is 17.0 Å². The second-order valence-corrected chi connectivity index (χ2v) is 6.80. The van der Waals surface area contributed by atoms with Crippen LogP contribution in [0.4, 0.5) is 13.6 Å². The molecular weight excluding hydrogens is 368 g/mol. The zero-order chi connectivity index (χ0) is 20.5. The van der Waals surface area contributed by atoms with Crippen LogP contribution in [0.25, 0.3) is 0 Å². The Kier molecular flexibility index (Phi) is 5.13. The van der Waals surface area contributed by atoms with Crippen molar-refractivity contribution in [2.24, 2.45) is 0 Å². The van der Waals surface area contributed by atoms with Crippen molar-refractivity contribution in [1.29, 1.82) is 0 Å². The second-order valence-electron chi connectivity index (χ2n) is 6.80. The summed E-state index contributed by atoms with van der Waals surface area (Å²) < 4.78 is 26.8. The number of halogens is 2. The van der Waals surface area contributed by atoms with E-state index in [0.29, 0.717) is 5.56 Å². The largest absolute Gasteiger partial charge is 0.340 e. The van der Waals surface area contributed by atoms with Crippen molar-refractivity contribution in [2.45, 2.75) is 19.0 Å². The van der Waals surface area contributed by atoms with Crippen LogP contribution in [-0.2, 0) is 21.7 Å². The van der Waals surface area contributed by atoms with Crippen LogP contribution in [-0.4, -0.2) is 41.2 Å². The number of rotatable bonds is 5. The Labute approximate surface area is 160 Å². The summed E-state index contributed by atoms with van der Waals surface area (Å²) in [7, 11) is 1.42. The Morgan fingerprint density at radius 2 is 1.82 bits per heavy atom. The number of urea groups is 1. The summed E-state index contributed by atoms with van der Waals surface area (Å²) in [6, 6.07) is 11.1. The number of nitrogens with zero attached hydrogens (tertiary/aromatic N) is 2. The van der Waals surface area contributed by atoms with Gasteiger partial charge in [0.25, 0.3) is 5.91 Å². The van der Waals surface area contributed by atoms with Gasteiger partial charge >= 0.3 is 6.03 Å². The number of amides is 4. The number of carbonyl (C=O) groups is 3. The molecule has 28 heavy (non-hydrogen) atoms. The van der Waals surface area contributed by atoms with E-state index in [-0.39, 0.29) is 12.1 Å². The zero-order valence-electron chi connectivity index (χ0n) is 15.4. The molecule has 0 spiro atoms. The predicted octanol–water partition coefficient (Wildman–Crippen LogP) is 2.39. The molecule has 2 aromatic rings. The molecule has 6 nitrogen and oxygen atoms in total. The number of benzene rings is 2. The maximum atomic E-state index is 13.8. The first-order valence-electron chi connectivity index (χ1n) is 8.60. The maximum Gasteiger partial charge on any atom is 0.325 e. The minimum atomic E-state index is -1.26. The summed E-state index contributed by atoms with van der Waals surface area (Å²) in [4.78, 5) is 39.6. The molecule has 1 atom stereocenters. The van der Waals surface area contributed by atoms with Crippen LogP contribution in [0.2, 0.25) is 0 Å². The van der Waals surface area contributed by atoms with E-state index in [9.17, 15) is 23.2 Å². The van der Waals surface area contributed by atoms with Crippen LogP contribution < -0.4 is 5.32 Å². The molecule has 0 aliphatic carbocycles. The van der Waals surface area contributed by atoms with Crippen LogP contribution in [0.3, 0.4) is 0 Å². The molecule has 4 amide bonds. The Hall–Kier alpha value is -3.29. The number of likely N-dealkylation sites (N-methyl/N-ethyl adjacent to an activating group) is 1. The van der Waals surface area contributed by atoms with Crippen molar-refractivity contribution < 1.29 is 23.2 Å². The molecule has 2 aromatic carbocycles. The molecule has 1 saturated heterocycles. The molecule has 1 aliphatic heterocycles. The fourth-order valence-corrected chi connectivity index (χ4v) is 3.06. The van der Waals surface area contributed by atoms with Gasteiger partial charge in [-0.05, 0) is 18.6 Å². The van der Waals surface area contributed by atoms with Gasteiger partial charge in [0, 0.05) is 25.2 Å². The lowest BCUT2D eigenvalue weighted by atomic mass is 9.92. The smallest absolute Gasteiger partial charge is 0.325 e. The average Bonchev–Trinajstić information content (AvgIpc) is 2.88. The summed E-state index contributed by atoms with van der Waals surface area (Å²) in [6.07, 6.45) is 0. The predicted molar refractivity (Wildman–Crippen MR) is 96.9 cm³/mol. The lowest BCUT2D eigenvalue weighted by Crippen LogP contribution is -2.43. The number of carbonyl (C=O) groups excluding carboxylic acids is 3. The quantitative estimate of drug-likeness (QED) is 0.801. The van der Waals surface area contributed by atoms with E-state index in [1.807, 2.05) is 0 Å². The van der Waals surface area contributed by atoms with Gasteiger partial charge in [-0.25, -0.2) is 13.6 Å². The molecule has 146 valence electrons. The normalized spacial score (nSPS) is 18.9. The Bertz CT molecular complexity index is 936. The molecule has 0 radical (unpaired) electrons. The second kappa shape index (κ2) is 7.38. The minimum Gasteiger partial charge on any atom is -0.340 e. The van der Waals surface area contributed by atoms with Crippen molar-refractivity contribution in [3.63, 3.8) is 0 Å². The fourth-order valence-electron chi connectivity index (χ4n) is 3.06. The lowest BCUT2D eigenvalue weighted by molar-refractivity contribution is -0.138. The molecular formula is C20H19F2N3O3. The topological polar surface area (TPSA) is 69.7 Å². The summed E-state index contributed by atoms with van der Waals surface area (Å²) >= 11 is 0. The van der Waals surface area contributed by atoms with Gasteiger partial charge < -0.3 is 10.2 Å². The first-order chi connectivity index (χ1) is 13.2. The molecule has 8 heteroatoms. The average molecular weight is 387 g/mol. The van der Waals surface area contributed by atoms with Gasteiger partial charge in [0.15, 0.2) is 0 Å². The van der Waals surface area contributed by atoms with Crippen LogP contribution in [0.5, 0.6) is 0 Å². The van der Waals surface area contributed by atoms with Gasteiger partial charge in [-0.3, -0.25) is 14.5 Å². The zero-order valence-corrected chi connectivity index (χ0v) is 15.4. The van der Waals surface area contributed by atoms with Crippen molar-refractivity contribution in [3.05, 3.63) is 71.3 Å². The van der Waals surface area contributed by atoms with Gasteiger partial charge in [-0.15, -0.1) is 0 Å². The number of imide groups is 1. The molecule has 0 saturated carbocycles. The molecule has 1 unspecified atom stereocenters. The van der Waals surface area contributed by atoms with E-state index >= 15 is 0 Å². The molecule has 1 fully saturated rings. The third-order valence-corrected chi connectivity index (χ3v) is 4.77. The summed E-state index contributed by atoms with van der Waals surface area (Å²) in [6.45, 7) is 0.974. The number of hydrogen-bond donors (Lipinski definition) is 1. The molecule has 0 aromatic heterocycles. The van der Waals surface area contributed by atoms with Gasteiger partial charge in [-0.1, -0.05) is 36.4 Å². The molecule has 1 N–H and O–H groups in total. The maximum absolute atomic E-state index is 13.8. The van der Waals surface area contributed by atoms with Gasteiger partial charge in [0.05, 0.1) is 0 Å². The fraction of sp³-hybridized carbons (Fsp3) is 0.250. The van der Waals surface area contributed by atoms with Crippen LogP contribution in [0.1, 0.15) is 18.1 Å². The Morgan fingerprint density at radius 3 is 2.46 bits per heavy atom. The van der Waals surface area contributed by atoms with Gasteiger partial charge in [0.2, 0.25) is 5.91 Å². The van der Waals surface area contributed by atoms with Crippen LogP contribution in [0, 0.1) is 11.6 Å². The van der Waals surface area contributed by atoms with E-state index < -0.39 is 41.6 Å². The highest BCUT2D eigenvalue weighted by atomic mass is 19.1. The highest BCUT2D eigenvalue weighted by Gasteiger charge is 2.49. The van der Waals surface area contributed by atoms with E-state index in [1.165, 1.54) is 18.0 Å². The Balaban J connectivity index is 1.71. The van der Waals surface area contributed by atoms with E-state index in [2.05, 4.69) is 5.32 Å². The van der Waals surface area contributed by atoms with E-state index in [4.69, 9.17) is 0 Å².